The Balaban J connectivity index is 1.70. The smallest absolute Gasteiger partial charge is 0.194 e. The summed E-state index contributed by atoms with van der Waals surface area (Å²) in [7, 11) is 1.89. The molecule has 1 fully saturated rings. The Hall–Kier alpha value is -1.51. The average molecular weight is 243 g/mol. The first-order chi connectivity index (χ1) is 8.86. The van der Waals surface area contributed by atoms with Crippen LogP contribution < -0.4 is 5.32 Å². The minimum absolute atomic E-state index is 0.654. The molecule has 1 aromatic rings. The number of rotatable bonds is 1. The van der Waals surface area contributed by atoms with Crippen molar-refractivity contribution < 1.29 is 0 Å². The summed E-state index contributed by atoms with van der Waals surface area (Å²) in [4.78, 5) is 6.81. The maximum Gasteiger partial charge on any atom is 0.194 e. The van der Waals surface area contributed by atoms with Crippen LogP contribution in [0.15, 0.2) is 29.3 Å². The molecule has 3 nitrogen and oxygen atoms in total. The molecule has 0 atom stereocenters. The Labute approximate surface area is 109 Å². The number of hydrogen-bond donors (Lipinski definition) is 1. The Morgan fingerprint density at radius 1 is 1.28 bits per heavy atom. The van der Waals surface area contributed by atoms with E-state index in [1.54, 1.807) is 0 Å². The van der Waals surface area contributed by atoms with E-state index in [0.29, 0.717) is 6.04 Å². The fraction of sp³-hybridized carbons (Fsp3) is 0.533. The van der Waals surface area contributed by atoms with Crippen LogP contribution in [0, 0.1) is 0 Å². The number of benzene rings is 1. The van der Waals surface area contributed by atoms with Gasteiger partial charge in [0.1, 0.15) is 0 Å². The van der Waals surface area contributed by atoms with Gasteiger partial charge >= 0.3 is 0 Å². The monoisotopic (exact) mass is 243 g/mol. The normalized spacial score (nSPS) is 20.3. The van der Waals surface area contributed by atoms with Crippen LogP contribution in [-0.4, -0.2) is 30.5 Å². The lowest BCUT2D eigenvalue weighted by Gasteiger charge is -2.35. The molecule has 1 aliphatic heterocycles. The van der Waals surface area contributed by atoms with Crippen LogP contribution in [0.4, 0.5) is 0 Å². The fourth-order valence-electron chi connectivity index (χ4n) is 2.71. The number of fused-ring (bicyclic) bond motifs is 1. The van der Waals surface area contributed by atoms with Gasteiger partial charge < -0.3 is 10.2 Å². The Bertz CT molecular complexity index is 449. The second-order valence-corrected chi connectivity index (χ2v) is 5.26. The average Bonchev–Trinajstić information content (AvgIpc) is 2.37. The second kappa shape index (κ2) is 5.01. The van der Waals surface area contributed by atoms with Crippen molar-refractivity contribution >= 4 is 5.96 Å². The molecule has 0 aromatic heterocycles. The van der Waals surface area contributed by atoms with Crippen molar-refractivity contribution in [1.82, 2.24) is 10.2 Å². The van der Waals surface area contributed by atoms with Crippen molar-refractivity contribution in [3.8, 4) is 0 Å². The molecule has 0 spiro atoms. The van der Waals surface area contributed by atoms with Crippen molar-refractivity contribution in [1.29, 1.82) is 0 Å². The third-order valence-electron chi connectivity index (χ3n) is 4.08. The summed E-state index contributed by atoms with van der Waals surface area (Å²) >= 11 is 0. The second-order valence-electron chi connectivity index (χ2n) is 5.26. The lowest BCUT2D eigenvalue weighted by atomic mass is 9.93. The Kier molecular flexibility index (Phi) is 3.22. The predicted molar refractivity (Wildman–Crippen MR) is 74.7 cm³/mol. The van der Waals surface area contributed by atoms with Crippen LogP contribution in [0.2, 0.25) is 0 Å². The first kappa shape index (κ1) is 11.6. The van der Waals surface area contributed by atoms with Crippen molar-refractivity contribution in [2.75, 3.05) is 13.6 Å². The van der Waals surface area contributed by atoms with Crippen LogP contribution >= 0.6 is 0 Å². The van der Waals surface area contributed by atoms with Crippen LogP contribution in [0.3, 0.4) is 0 Å². The summed E-state index contributed by atoms with van der Waals surface area (Å²) in [6.07, 6.45) is 5.08. The zero-order valence-corrected chi connectivity index (χ0v) is 11.0. The van der Waals surface area contributed by atoms with Gasteiger partial charge in [-0.1, -0.05) is 24.3 Å². The molecular weight excluding hydrogens is 222 g/mol. The lowest BCUT2D eigenvalue weighted by molar-refractivity contribution is 0.333. The Morgan fingerprint density at radius 3 is 2.72 bits per heavy atom. The first-order valence-corrected chi connectivity index (χ1v) is 6.92. The highest BCUT2D eigenvalue weighted by molar-refractivity contribution is 5.80. The number of nitrogens with zero attached hydrogens (tertiary/aromatic N) is 2. The third-order valence-corrected chi connectivity index (χ3v) is 4.08. The van der Waals surface area contributed by atoms with Gasteiger partial charge in [0.05, 0.1) is 0 Å². The van der Waals surface area contributed by atoms with Crippen LogP contribution in [0.5, 0.6) is 0 Å². The molecule has 3 heteroatoms. The highest BCUT2D eigenvalue weighted by Gasteiger charge is 2.23. The molecule has 0 amide bonds. The molecule has 1 aliphatic carbocycles. The minimum Gasteiger partial charge on any atom is -0.354 e. The number of nitrogens with one attached hydrogen (secondary N) is 1. The zero-order chi connectivity index (χ0) is 12.4. The quantitative estimate of drug-likeness (QED) is 0.604. The van der Waals surface area contributed by atoms with Crippen LogP contribution in [0.25, 0.3) is 0 Å². The molecule has 1 heterocycles. The summed E-state index contributed by atoms with van der Waals surface area (Å²) in [5.41, 5.74) is 2.94. The molecule has 1 saturated carbocycles. The van der Waals surface area contributed by atoms with Gasteiger partial charge in [-0.05, 0) is 36.8 Å². The van der Waals surface area contributed by atoms with Gasteiger partial charge in [0.25, 0.3) is 0 Å². The van der Waals surface area contributed by atoms with Gasteiger partial charge in [-0.15, -0.1) is 0 Å². The predicted octanol–water partition coefficient (Wildman–Crippen LogP) is 2.17. The topological polar surface area (TPSA) is 27.6 Å². The fourth-order valence-corrected chi connectivity index (χ4v) is 2.71. The van der Waals surface area contributed by atoms with E-state index in [9.17, 15) is 0 Å². The van der Waals surface area contributed by atoms with E-state index in [2.05, 4.69) is 39.5 Å². The maximum absolute atomic E-state index is 4.44. The third kappa shape index (κ3) is 2.22. The Morgan fingerprint density at radius 2 is 2.06 bits per heavy atom. The van der Waals surface area contributed by atoms with E-state index in [0.717, 1.165) is 25.5 Å². The van der Waals surface area contributed by atoms with Gasteiger partial charge in [-0.2, -0.15) is 0 Å². The van der Waals surface area contributed by atoms with E-state index < -0.39 is 0 Å². The van der Waals surface area contributed by atoms with Gasteiger partial charge in [0.2, 0.25) is 0 Å². The molecule has 96 valence electrons. The van der Waals surface area contributed by atoms with Crippen molar-refractivity contribution in [3.63, 3.8) is 0 Å². The standard InChI is InChI=1S/C15H21N3/c1-16-15(17-14-7-4-8-14)18-10-9-12-5-2-3-6-13(12)11-18/h2-3,5-6,14H,4,7-11H2,1H3,(H,16,17). The molecule has 1 aromatic carbocycles. The van der Waals surface area contributed by atoms with E-state index in [-0.39, 0.29) is 0 Å². The number of guanidine groups is 1. The van der Waals surface area contributed by atoms with E-state index in [4.69, 9.17) is 0 Å². The highest BCUT2D eigenvalue weighted by atomic mass is 15.3. The van der Waals surface area contributed by atoms with Gasteiger partial charge in [-0.25, -0.2) is 0 Å². The minimum atomic E-state index is 0.654. The lowest BCUT2D eigenvalue weighted by Crippen LogP contribution is -2.49. The summed E-state index contributed by atoms with van der Waals surface area (Å²) in [6, 6.07) is 9.40. The molecule has 1 N–H and O–H groups in total. The molecule has 18 heavy (non-hydrogen) atoms. The van der Waals surface area contributed by atoms with Crippen LogP contribution in [0.1, 0.15) is 30.4 Å². The first-order valence-electron chi connectivity index (χ1n) is 6.92. The molecule has 0 radical (unpaired) electrons. The molecule has 3 rings (SSSR count). The summed E-state index contributed by atoms with van der Waals surface area (Å²) in [5, 5.41) is 3.58. The molecule has 0 bridgehead atoms. The van der Waals surface area contributed by atoms with E-state index in [1.165, 1.54) is 30.4 Å². The molecule has 0 unspecified atom stereocenters. The van der Waals surface area contributed by atoms with Crippen molar-refractivity contribution in [2.24, 2.45) is 4.99 Å². The van der Waals surface area contributed by atoms with E-state index in [1.807, 2.05) is 7.05 Å². The summed E-state index contributed by atoms with van der Waals surface area (Å²) < 4.78 is 0. The van der Waals surface area contributed by atoms with Gasteiger partial charge in [0, 0.05) is 26.2 Å². The van der Waals surface area contributed by atoms with Crippen molar-refractivity contribution in [3.05, 3.63) is 35.4 Å². The highest BCUT2D eigenvalue weighted by Crippen LogP contribution is 2.21. The maximum atomic E-state index is 4.44. The zero-order valence-electron chi connectivity index (χ0n) is 11.0. The summed E-state index contributed by atoms with van der Waals surface area (Å²) in [6.45, 7) is 2.06. The largest absolute Gasteiger partial charge is 0.354 e. The van der Waals surface area contributed by atoms with Crippen LogP contribution in [-0.2, 0) is 13.0 Å². The SMILES string of the molecule is CN=C(NC1CCC1)N1CCc2ccccc2C1. The number of hydrogen-bond acceptors (Lipinski definition) is 1. The molecule has 0 saturated heterocycles. The van der Waals surface area contributed by atoms with Crippen molar-refractivity contribution in [2.45, 2.75) is 38.3 Å². The molecular formula is C15H21N3. The number of aliphatic imine (C=N–C) groups is 1. The van der Waals surface area contributed by atoms with Gasteiger partial charge in [0.15, 0.2) is 5.96 Å². The molecule has 2 aliphatic rings. The van der Waals surface area contributed by atoms with Gasteiger partial charge in [-0.3, -0.25) is 4.99 Å². The van der Waals surface area contributed by atoms with E-state index >= 15 is 0 Å². The summed E-state index contributed by atoms with van der Waals surface area (Å²) in [5.74, 6) is 1.08.